The number of benzene rings is 3. The largest absolute Gasteiger partial charge is 0.352 e. The highest BCUT2D eigenvalue weighted by Gasteiger charge is 2.32. The summed E-state index contributed by atoms with van der Waals surface area (Å²) in [7, 11) is 0. The Labute approximate surface area is 238 Å². The summed E-state index contributed by atoms with van der Waals surface area (Å²) in [6.07, 6.45) is 4.50. The van der Waals surface area contributed by atoms with Gasteiger partial charge in [-0.1, -0.05) is 79.0 Å². The number of carbonyl (C=O) groups excluding carboxylic acids is 2. The molecule has 0 unspecified atom stereocenters. The summed E-state index contributed by atoms with van der Waals surface area (Å²) in [5, 5.41) is 14.7. The number of carbonyl (C=O) groups is 2. The molecule has 7 nitrogen and oxygen atoms in total. The molecule has 1 aliphatic carbocycles. The van der Waals surface area contributed by atoms with E-state index in [9.17, 15) is 19.7 Å². The summed E-state index contributed by atoms with van der Waals surface area (Å²) >= 11 is 7.67. The highest BCUT2D eigenvalue weighted by atomic mass is 35.5. The summed E-state index contributed by atoms with van der Waals surface area (Å²) in [6.45, 7) is 0.257. The van der Waals surface area contributed by atoms with E-state index in [1.165, 1.54) is 23.9 Å². The highest BCUT2D eigenvalue weighted by molar-refractivity contribution is 7.99. The van der Waals surface area contributed by atoms with Crippen LogP contribution in [0.25, 0.3) is 0 Å². The van der Waals surface area contributed by atoms with Crippen LogP contribution >= 0.6 is 23.4 Å². The Morgan fingerprint density at radius 2 is 1.67 bits per heavy atom. The molecule has 4 rings (SSSR count). The van der Waals surface area contributed by atoms with Crippen LogP contribution in [-0.2, 0) is 28.3 Å². The first-order valence-electron chi connectivity index (χ1n) is 13.1. The third kappa shape index (κ3) is 8.57. The van der Waals surface area contributed by atoms with Crippen molar-refractivity contribution in [2.24, 2.45) is 0 Å². The molecule has 0 aliphatic heterocycles. The molecule has 3 aromatic rings. The molecule has 0 aromatic heterocycles. The van der Waals surface area contributed by atoms with Crippen LogP contribution in [0.4, 0.5) is 5.69 Å². The lowest BCUT2D eigenvalue weighted by Gasteiger charge is -2.32. The lowest BCUT2D eigenvalue weighted by molar-refractivity contribution is -0.384. The molecule has 1 N–H and O–H groups in total. The van der Waals surface area contributed by atoms with Crippen molar-refractivity contribution in [3.8, 4) is 0 Å². The lowest BCUT2D eigenvalue weighted by Crippen LogP contribution is -2.52. The van der Waals surface area contributed by atoms with Crippen molar-refractivity contribution in [1.29, 1.82) is 0 Å². The lowest BCUT2D eigenvalue weighted by atomic mass is 10.0. The van der Waals surface area contributed by atoms with E-state index in [1.807, 2.05) is 48.5 Å². The molecule has 0 radical (unpaired) electrons. The fourth-order valence-electron chi connectivity index (χ4n) is 4.81. The zero-order chi connectivity index (χ0) is 27.6. The van der Waals surface area contributed by atoms with E-state index in [1.54, 1.807) is 23.1 Å². The molecular formula is C30H32ClN3O4S. The monoisotopic (exact) mass is 565 g/mol. The van der Waals surface area contributed by atoms with Crippen LogP contribution < -0.4 is 5.32 Å². The smallest absolute Gasteiger partial charge is 0.269 e. The van der Waals surface area contributed by atoms with Crippen molar-refractivity contribution in [3.63, 3.8) is 0 Å². The number of nitrogens with zero attached hydrogens (tertiary/aromatic N) is 2. The van der Waals surface area contributed by atoms with Crippen LogP contribution in [0.3, 0.4) is 0 Å². The van der Waals surface area contributed by atoms with Gasteiger partial charge in [0.05, 0.1) is 10.7 Å². The topological polar surface area (TPSA) is 92.6 Å². The number of nitro groups is 1. The first-order valence-corrected chi connectivity index (χ1v) is 14.6. The van der Waals surface area contributed by atoms with E-state index in [0.29, 0.717) is 17.2 Å². The molecule has 3 aromatic carbocycles. The van der Waals surface area contributed by atoms with Crippen LogP contribution in [0.5, 0.6) is 0 Å². The van der Waals surface area contributed by atoms with Crippen LogP contribution in [0.1, 0.15) is 42.4 Å². The Hall–Kier alpha value is -3.36. The van der Waals surface area contributed by atoms with Gasteiger partial charge in [-0.2, -0.15) is 0 Å². The Morgan fingerprint density at radius 3 is 2.33 bits per heavy atom. The normalized spacial score (nSPS) is 14.1. The van der Waals surface area contributed by atoms with Crippen molar-refractivity contribution in [1.82, 2.24) is 10.2 Å². The number of hydrogen-bond acceptors (Lipinski definition) is 5. The van der Waals surface area contributed by atoms with Gasteiger partial charge in [0.2, 0.25) is 11.8 Å². The third-order valence-electron chi connectivity index (χ3n) is 6.86. The van der Waals surface area contributed by atoms with Gasteiger partial charge in [-0.25, -0.2) is 0 Å². The van der Waals surface area contributed by atoms with Gasteiger partial charge in [-0.05, 0) is 41.7 Å². The second-order valence-electron chi connectivity index (χ2n) is 9.76. The Bertz CT molecular complexity index is 1270. The Balaban J connectivity index is 1.54. The average Bonchev–Trinajstić information content (AvgIpc) is 3.44. The van der Waals surface area contributed by atoms with Gasteiger partial charge in [0, 0.05) is 41.9 Å². The van der Waals surface area contributed by atoms with Gasteiger partial charge in [0.25, 0.3) is 5.69 Å². The zero-order valence-corrected chi connectivity index (χ0v) is 23.2. The molecule has 1 atom stereocenters. The van der Waals surface area contributed by atoms with E-state index in [-0.39, 0.29) is 35.8 Å². The fourth-order valence-corrected chi connectivity index (χ4v) is 5.89. The van der Waals surface area contributed by atoms with Crippen molar-refractivity contribution < 1.29 is 14.5 Å². The van der Waals surface area contributed by atoms with Crippen LogP contribution in [0.15, 0.2) is 78.9 Å². The van der Waals surface area contributed by atoms with E-state index in [0.717, 1.165) is 42.4 Å². The average molecular weight is 566 g/mol. The van der Waals surface area contributed by atoms with Gasteiger partial charge in [0.15, 0.2) is 0 Å². The molecule has 1 aliphatic rings. The predicted octanol–water partition coefficient (Wildman–Crippen LogP) is 6.18. The van der Waals surface area contributed by atoms with E-state index in [2.05, 4.69) is 5.32 Å². The van der Waals surface area contributed by atoms with Gasteiger partial charge < -0.3 is 10.2 Å². The van der Waals surface area contributed by atoms with E-state index in [4.69, 9.17) is 11.6 Å². The van der Waals surface area contributed by atoms with Gasteiger partial charge in [0.1, 0.15) is 6.04 Å². The molecule has 204 valence electrons. The minimum absolute atomic E-state index is 0.0320. The quantitative estimate of drug-likeness (QED) is 0.209. The highest BCUT2D eigenvalue weighted by Crippen LogP contribution is 2.23. The molecule has 0 saturated heterocycles. The zero-order valence-electron chi connectivity index (χ0n) is 21.6. The predicted molar refractivity (Wildman–Crippen MR) is 156 cm³/mol. The minimum atomic E-state index is -0.681. The third-order valence-corrected chi connectivity index (χ3v) is 8.08. The molecule has 0 heterocycles. The number of halogens is 1. The van der Waals surface area contributed by atoms with Crippen LogP contribution in [0.2, 0.25) is 5.02 Å². The van der Waals surface area contributed by atoms with Gasteiger partial charge >= 0.3 is 0 Å². The van der Waals surface area contributed by atoms with Crippen molar-refractivity contribution in [3.05, 3.63) is 111 Å². The van der Waals surface area contributed by atoms with Crippen LogP contribution in [0, 0.1) is 10.1 Å². The molecule has 1 saturated carbocycles. The fraction of sp³-hybridized carbons (Fsp3) is 0.333. The number of hydrogen-bond donors (Lipinski definition) is 1. The summed E-state index contributed by atoms with van der Waals surface area (Å²) in [5.41, 5.74) is 2.75. The number of rotatable bonds is 12. The molecule has 1 fully saturated rings. The summed E-state index contributed by atoms with van der Waals surface area (Å²) in [6, 6.07) is 22.9. The molecule has 2 amide bonds. The van der Waals surface area contributed by atoms with Crippen molar-refractivity contribution >= 4 is 40.9 Å². The van der Waals surface area contributed by atoms with Gasteiger partial charge in [-0.15, -0.1) is 11.8 Å². The first-order chi connectivity index (χ1) is 18.9. The number of amides is 2. The standard InChI is InChI=1S/C30H32ClN3O4S/c31-25-10-6-9-24(17-25)19-33(29(35)21-39-20-23-13-15-27(16-14-23)34(37)38)28(18-22-7-2-1-3-8-22)30(36)32-26-11-4-5-12-26/h1-3,6-10,13-17,26,28H,4-5,11-12,18-21H2,(H,32,36)/t28-/m0/s1. The first kappa shape index (κ1) is 28.6. The second kappa shape index (κ2) is 14.1. The Morgan fingerprint density at radius 1 is 0.974 bits per heavy atom. The second-order valence-corrected chi connectivity index (χ2v) is 11.2. The summed E-state index contributed by atoms with van der Waals surface area (Å²) in [5.74, 6) is 0.400. The Kier molecular flexibility index (Phi) is 10.4. The molecule has 9 heteroatoms. The maximum absolute atomic E-state index is 13.7. The van der Waals surface area contributed by atoms with Crippen molar-refractivity contribution in [2.75, 3.05) is 5.75 Å². The molecule has 0 spiro atoms. The minimum Gasteiger partial charge on any atom is -0.352 e. The van der Waals surface area contributed by atoms with Gasteiger partial charge in [-0.3, -0.25) is 19.7 Å². The van der Waals surface area contributed by atoms with E-state index < -0.39 is 11.0 Å². The molecular weight excluding hydrogens is 534 g/mol. The summed E-state index contributed by atoms with van der Waals surface area (Å²) in [4.78, 5) is 39.6. The number of non-ortho nitro benzene ring substituents is 1. The molecule has 39 heavy (non-hydrogen) atoms. The number of nitrogens with one attached hydrogen (secondary N) is 1. The SMILES string of the molecule is O=C(NC1CCCC1)[C@H](Cc1ccccc1)N(Cc1cccc(Cl)c1)C(=O)CSCc1ccc([N+](=O)[O-])cc1. The summed E-state index contributed by atoms with van der Waals surface area (Å²) < 4.78 is 0. The maximum atomic E-state index is 13.7. The van der Waals surface area contributed by atoms with E-state index >= 15 is 0 Å². The van der Waals surface area contributed by atoms with Crippen molar-refractivity contribution in [2.45, 2.75) is 56.5 Å². The number of thioether (sulfide) groups is 1. The molecule has 0 bridgehead atoms. The van der Waals surface area contributed by atoms with Crippen LogP contribution in [-0.4, -0.2) is 39.5 Å². The number of nitro benzene ring substituents is 1. The maximum Gasteiger partial charge on any atom is 0.269 e.